The lowest BCUT2D eigenvalue weighted by molar-refractivity contribution is -0.167. The molecule has 1 aromatic heterocycles. The van der Waals surface area contributed by atoms with E-state index >= 15 is 0 Å². The molecule has 3 saturated carbocycles. The van der Waals surface area contributed by atoms with Gasteiger partial charge in [-0.15, -0.1) is 23.1 Å². The second-order valence-corrected chi connectivity index (χ2v) is 35.9. The van der Waals surface area contributed by atoms with Crippen LogP contribution in [-0.2, 0) is 40.8 Å². The molecule has 4 aromatic carbocycles. The highest BCUT2D eigenvalue weighted by Crippen LogP contribution is 2.77. The summed E-state index contributed by atoms with van der Waals surface area (Å²) in [5, 5.41) is 19.7. The number of carbonyl (C=O) groups is 4. The number of hydrogen-bond acceptors (Lipinski definition) is 17. The number of halogens is 3. The average molecular weight is 1440 g/mol. The molecule has 5 N–H and O–H groups in total. The Hall–Kier alpha value is -6.39. The van der Waals surface area contributed by atoms with Crippen LogP contribution in [0, 0.1) is 28.6 Å². The van der Waals surface area contributed by atoms with Gasteiger partial charge in [0.25, 0.3) is 25.8 Å². The van der Waals surface area contributed by atoms with Gasteiger partial charge in [-0.05, 0) is 152 Å². The predicted octanol–water partition coefficient (Wildman–Crippen LogP) is 10.5. The first kappa shape index (κ1) is 73.8. The number of benzene rings is 4. The minimum Gasteiger partial charge on any atom is -0.391 e. The fourth-order valence-corrected chi connectivity index (χ4v) is 19.3. The van der Waals surface area contributed by atoms with Crippen LogP contribution in [-0.4, -0.2) is 184 Å². The molecule has 99 heavy (non-hydrogen) atoms. The normalized spacial score (nSPS) is 23.0. The molecule has 4 aliphatic carbocycles. The highest BCUT2D eigenvalue weighted by molar-refractivity contribution is 7.99. The fraction of sp³-hybridized carbons (Fsp3) is 0.548. The highest BCUT2D eigenvalue weighted by Gasteiger charge is 2.67. The minimum atomic E-state index is -6.16. The molecule has 0 radical (unpaired) electrons. The number of amides is 4. The molecule has 12 rings (SSSR count). The summed E-state index contributed by atoms with van der Waals surface area (Å²) in [7, 11) is -11.1. The number of rotatable bonds is 26. The molecule has 0 spiro atoms. The summed E-state index contributed by atoms with van der Waals surface area (Å²) < 4.78 is 100. The van der Waals surface area contributed by atoms with Gasteiger partial charge in [-0.25, -0.2) is 26.5 Å². The van der Waals surface area contributed by atoms with Gasteiger partial charge < -0.3 is 40.7 Å². The topological polar surface area (TPSA) is 234 Å². The second kappa shape index (κ2) is 29.9. The van der Waals surface area contributed by atoms with Crippen molar-refractivity contribution >= 4 is 78.0 Å². The van der Waals surface area contributed by atoms with Gasteiger partial charge >= 0.3 is 5.51 Å². The number of β-amino-alcohol motifs (C(OH)–C–C–N with tert-alkyl or cyclic N) is 1. The number of piperazine rings is 2. The number of nitrogens with one attached hydrogen (secondary N) is 4. The molecule has 26 heteroatoms. The van der Waals surface area contributed by atoms with Crippen molar-refractivity contribution in [2.45, 2.75) is 164 Å². The van der Waals surface area contributed by atoms with E-state index in [2.05, 4.69) is 61.3 Å². The van der Waals surface area contributed by atoms with Crippen molar-refractivity contribution in [2.24, 2.45) is 21.7 Å². The van der Waals surface area contributed by atoms with E-state index in [0.29, 0.717) is 80.2 Å². The first-order valence-corrected chi connectivity index (χ1v) is 39.3. The van der Waals surface area contributed by atoms with Crippen molar-refractivity contribution in [1.82, 2.24) is 39.9 Å². The number of carbonyl (C=O) groups excluding carboxylic acids is 4. The largest absolute Gasteiger partial charge is 0.501 e. The lowest BCUT2D eigenvalue weighted by Crippen LogP contribution is -2.61. The Labute approximate surface area is 589 Å². The van der Waals surface area contributed by atoms with Gasteiger partial charge in [-0.1, -0.05) is 95.2 Å². The number of aliphatic hydroxyl groups is 1. The molecular formula is C73H95F3N10O9S4. The number of sulfone groups is 1. The molecule has 4 amide bonds. The van der Waals surface area contributed by atoms with E-state index in [4.69, 9.17) is 0 Å². The third-order valence-electron chi connectivity index (χ3n) is 20.9. The van der Waals surface area contributed by atoms with E-state index in [1.807, 2.05) is 87.0 Å². The lowest BCUT2D eigenvalue weighted by atomic mass is 9.33. The molecule has 2 bridgehead atoms. The van der Waals surface area contributed by atoms with Crippen LogP contribution >= 0.6 is 23.1 Å². The van der Waals surface area contributed by atoms with Crippen molar-refractivity contribution < 1.29 is 54.3 Å². The third kappa shape index (κ3) is 17.6. The van der Waals surface area contributed by atoms with Crippen LogP contribution in [0.5, 0.6) is 0 Å². The van der Waals surface area contributed by atoms with E-state index < -0.39 is 88.2 Å². The van der Waals surface area contributed by atoms with Crippen LogP contribution in [0.25, 0.3) is 10.4 Å². The number of allylic oxidation sites excluding steroid dienone is 1. The first-order chi connectivity index (χ1) is 46.8. The van der Waals surface area contributed by atoms with E-state index in [1.165, 1.54) is 60.9 Å². The number of aromatic nitrogens is 1. The highest BCUT2D eigenvalue weighted by atomic mass is 32.2. The van der Waals surface area contributed by atoms with Crippen molar-refractivity contribution in [3.63, 3.8) is 0 Å². The maximum absolute atomic E-state index is 14.6. The molecule has 536 valence electrons. The van der Waals surface area contributed by atoms with Gasteiger partial charge in [0, 0.05) is 119 Å². The molecular weight excluding hydrogens is 1350 g/mol. The Morgan fingerprint density at radius 3 is 2.10 bits per heavy atom. The Kier molecular flexibility index (Phi) is 22.3. The van der Waals surface area contributed by atoms with Crippen LogP contribution in [0.1, 0.15) is 127 Å². The number of likely N-dealkylation sites (tertiary alicyclic amines) is 1. The Balaban J connectivity index is 0.663. The van der Waals surface area contributed by atoms with Gasteiger partial charge in [0.15, 0.2) is 0 Å². The quantitative estimate of drug-likeness (QED) is 0.0256. The Morgan fingerprint density at radius 2 is 1.47 bits per heavy atom. The number of aliphatic hydroxyl groups excluding tert-OH is 1. The molecule has 3 aliphatic heterocycles. The zero-order chi connectivity index (χ0) is 70.9. The molecule has 3 saturated heterocycles. The summed E-state index contributed by atoms with van der Waals surface area (Å²) in [6.07, 6.45) is 7.60. The molecule has 4 heterocycles. The fourth-order valence-electron chi connectivity index (χ4n) is 15.5. The summed E-state index contributed by atoms with van der Waals surface area (Å²) in [5.41, 5.74) is 3.14. The molecule has 5 aromatic rings. The SMILES string of the molecule is Cc1ncsc1-c1ccc(CNC(=O)[C@@H]2C[C@@H](O)CN2C(=O)[C@@H](NC(=O)CCCN2CCN(CC[C@H](CSc3ccccc3)Nc3ccc(S(=O)(=O)NC(=O)c4ccc(N5CCN(CC6=C(C78CC(C)(C7)C8)CC(C)(C)CC6)CC5)cc4)cc3S(=O)(=O)C(F)(F)F)CC2)C(C)(C)C)cc1. The number of nitrogens with zero attached hydrogens (tertiary/aromatic N) is 6. The first-order valence-electron chi connectivity index (χ1n) is 34.5. The Bertz CT molecular complexity index is 3980. The van der Waals surface area contributed by atoms with E-state index in [-0.39, 0.29) is 37.4 Å². The molecule has 4 atom stereocenters. The van der Waals surface area contributed by atoms with Gasteiger partial charge in [-0.2, -0.15) is 13.2 Å². The van der Waals surface area contributed by atoms with E-state index in [1.54, 1.807) is 40.1 Å². The van der Waals surface area contributed by atoms with Gasteiger partial charge in [-0.3, -0.25) is 24.1 Å². The number of hydrogen-bond donors (Lipinski definition) is 5. The van der Waals surface area contributed by atoms with E-state index in [9.17, 15) is 54.3 Å². The number of anilines is 2. The maximum Gasteiger partial charge on any atom is 0.501 e. The van der Waals surface area contributed by atoms with Gasteiger partial charge in [0.2, 0.25) is 17.7 Å². The standard InChI is InChI=1S/C73H95F3N10O9S4/c1-49-64(97-48-78-49)51-17-15-50(16-18-51)41-77-67(90)61-38-56(87)43-86(61)68(91)65(69(2,3)4)80-63(88)14-11-28-82-30-32-83(33-31-82)29-26-54(44-96-57-12-9-8-10-13-57)79-60-24-23-58(39-62(60)98(92,93)73(74,75)76)99(94,95)81-66(89)52-19-21-55(22-20-52)85-36-34-84(35-37-85)42-53-25-27-70(5,6)40-59(53)72-45-71(7,46-72)47-72/h8-10,12-13,15-24,39,48,54,56,61,65,79,87H,11,14,25-38,40-47H2,1-7H3,(H,77,90)(H,80,88)(H,81,89)/t54-,56-,61+,65-,71?,72?/m1/s1. The number of aryl methyl sites for hydroxylation is 1. The van der Waals surface area contributed by atoms with Crippen LogP contribution < -0.4 is 25.6 Å². The zero-order valence-electron chi connectivity index (χ0n) is 57.8. The van der Waals surface area contributed by atoms with Crippen LogP contribution in [0.3, 0.4) is 0 Å². The summed E-state index contributed by atoms with van der Waals surface area (Å²) in [4.78, 5) is 69.8. The van der Waals surface area contributed by atoms with Crippen LogP contribution in [0.15, 0.2) is 128 Å². The summed E-state index contributed by atoms with van der Waals surface area (Å²) in [6, 6.07) is 23.5. The van der Waals surface area contributed by atoms with Gasteiger partial charge in [0.05, 0.1) is 32.8 Å². The smallest absolute Gasteiger partial charge is 0.391 e. The molecule has 6 fully saturated rings. The minimum absolute atomic E-state index is 0.0107. The van der Waals surface area contributed by atoms with Crippen molar-refractivity contribution in [3.05, 3.63) is 131 Å². The lowest BCUT2D eigenvalue weighted by Gasteiger charge is -2.72. The van der Waals surface area contributed by atoms with Crippen molar-refractivity contribution in [2.75, 3.05) is 94.5 Å². The van der Waals surface area contributed by atoms with Crippen molar-refractivity contribution in [3.8, 4) is 10.4 Å². The average Bonchev–Trinajstić information content (AvgIpc) is 1.21. The third-order valence-corrected chi connectivity index (χ3v) is 25.9. The van der Waals surface area contributed by atoms with Crippen LogP contribution in [0.4, 0.5) is 24.5 Å². The van der Waals surface area contributed by atoms with E-state index in [0.717, 1.165) is 83.6 Å². The molecule has 7 aliphatic rings. The zero-order valence-corrected chi connectivity index (χ0v) is 61.0. The summed E-state index contributed by atoms with van der Waals surface area (Å²) >= 11 is 2.97. The number of alkyl halides is 3. The maximum atomic E-state index is 14.6. The van der Waals surface area contributed by atoms with Gasteiger partial charge in [0.1, 0.15) is 17.0 Å². The molecule has 19 nitrogen and oxygen atoms in total. The van der Waals surface area contributed by atoms with Crippen molar-refractivity contribution in [1.29, 1.82) is 0 Å². The number of thioether (sulfide) groups is 1. The molecule has 0 unspecified atom stereocenters. The number of sulfonamides is 1. The Morgan fingerprint density at radius 1 is 0.818 bits per heavy atom. The number of thiazole rings is 1. The summed E-state index contributed by atoms with van der Waals surface area (Å²) in [6.45, 7) is 22.7. The monoisotopic (exact) mass is 1440 g/mol. The summed E-state index contributed by atoms with van der Waals surface area (Å²) in [5.74, 6) is -1.92. The second-order valence-electron chi connectivity index (χ2n) is 30.4. The van der Waals surface area contributed by atoms with Crippen LogP contribution in [0.2, 0.25) is 0 Å². The predicted molar refractivity (Wildman–Crippen MR) is 381 cm³/mol.